The number of aryl methyl sites for hydroxylation is 2. The van der Waals surface area contributed by atoms with E-state index in [9.17, 15) is 56.3 Å². The molecule has 2 saturated heterocycles. The van der Waals surface area contributed by atoms with Crippen molar-refractivity contribution < 1.29 is 91.3 Å². The number of alkyl halides is 3. The zero-order chi connectivity index (χ0) is 60.1. The molecule has 452 valence electrons. The Bertz CT molecular complexity index is 2790. The lowest BCUT2D eigenvalue weighted by molar-refractivity contribution is -0.174. The fourth-order valence-corrected chi connectivity index (χ4v) is 8.56. The normalized spacial score (nSPS) is 17.9. The summed E-state index contributed by atoms with van der Waals surface area (Å²) in [7, 11) is 5.47. The number of rotatable bonds is 28. The van der Waals surface area contributed by atoms with Crippen LogP contribution in [0.5, 0.6) is 0 Å². The molecule has 2 aromatic carbocycles. The highest BCUT2D eigenvalue weighted by Crippen LogP contribution is 2.30. The number of hydrogen-bond acceptors (Lipinski definition) is 19. The number of carbonyl (C=O) groups excluding carboxylic acids is 8. The number of Topliss-reactive ketones (excluding diaryl/α,β-unsaturated/α-hetero) is 2. The number of halogens is 3. The number of hydrogen-bond donors (Lipinski definition) is 7. The number of aliphatic carboxylic acids is 1. The Hall–Kier alpha value is -7.12. The lowest BCUT2D eigenvalue weighted by Crippen LogP contribution is -2.59. The summed E-state index contributed by atoms with van der Waals surface area (Å²) in [6.45, 7) is 6.55. The predicted octanol–water partition coefficient (Wildman–Crippen LogP) is 2.34. The van der Waals surface area contributed by atoms with Crippen LogP contribution in [0.25, 0.3) is 0 Å². The second kappa shape index (κ2) is 32.5. The van der Waals surface area contributed by atoms with Gasteiger partial charge in [0.05, 0.1) is 74.1 Å². The molecule has 7 N–H and O–H groups in total. The molecular weight excluding hydrogens is 1130 g/mol. The molecule has 4 aromatic rings. The lowest BCUT2D eigenvalue weighted by Gasteiger charge is -2.25. The van der Waals surface area contributed by atoms with Crippen LogP contribution in [0.15, 0.2) is 73.1 Å². The van der Waals surface area contributed by atoms with Crippen molar-refractivity contribution in [2.45, 2.75) is 102 Å². The molecule has 2 aliphatic rings. The standard InChI is InChI=1S/C25H32N4O7S.C14H14F3NO3.C13H19N3O6S.CH4.H2/c1-15-26-11-20(37-15)24(33)29-19(13-35-4)23(32)28-18(12-34-3)22(31)27-17(21(30)25(2)14-36-25)10-16-8-6-5-7-9-16;1-13(8-21-13)11(19)10(18-12(20)14(15,16)17)7-9-5-3-2-4-6-9;1-7-14-4-10(23-7)12(18)15-8(5-21-2)11(17)16-9(6-22-3)13(19)20;;/h5-9,11,17-19H,10,12-14H2,1-4H3,(H,27,31)(H,28,32)(H,29,33);2-6,10H,7-8H2,1H3,(H,18,20);4,8-9H,5-6H2,1-3H3,(H,15,18)(H,16,17)(H,19,20);1H4;1H/t17-,18-,19-,25+;10-,13+;8-,9-;;/m000../s1. The number of thiazole rings is 2. The van der Waals surface area contributed by atoms with E-state index in [2.05, 4.69) is 36.6 Å². The summed E-state index contributed by atoms with van der Waals surface area (Å²) in [5.41, 5.74) is -0.532. The van der Waals surface area contributed by atoms with Gasteiger partial charge in [-0.1, -0.05) is 68.1 Å². The van der Waals surface area contributed by atoms with Gasteiger partial charge in [-0.05, 0) is 51.7 Å². The van der Waals surface area contributed by atoms with Gasteiger partial charge in [-0.25, -0.2) is 14.8 Å². The lowest BCUT2D eigenvalue weighted by atomic mass is 9.94. The second-order valence-electron chi connectivity index (χ2n) is 18.6. The zero-order valence-electron chi connectivity index (χ0n) is 45.5. The van der Waals surface area contributed by atoms with E-state index in [4.69, 9.17) is 33.5 Å². The maximum Gasteiger partial charge on any atom is 0.471 e. The molecule has 29 heteroatoms. The van der Waals surface area contributed by atoms with Crippen molar-refractivity contribution in [1.29, 1.82) is 0 Å². The van der Waals surface area contributed by atoms with Crippen molar-refractivity contribution in [3.63, 3.8) is 0 Å². The zero-order valence-corrected chi connectivity index (χ0v) is 47.1. The number of carboxylic acid groups (broad SMARTS) is 1. The van der Waals surface area contributed by atoms with Crippen LogP contribution >= 0.6 is 22.7 Å². The molecule has 8 atom stereocenters. The number of carboxylic acids is 1. The molecule has 4 heterocycles. The molecule has 0 unspecified atom stereocenters. The fourth-order valence-electron chi connectivity index (χ4n) is 7.19. The largest absolute Gasteiger partial charge is 0.480 e. The van der Waals surface area contributed by atoms with E-state index in [1.807, 2.05) is 30.3 Å². The summed E-state index contributed by atoms with van der Waals surface area (Å²) in [5, 5.41) is 24.9. The monoisotopic (exact) mass is 1200 g/mol. The number of epoxide rings is 2. The molecule has 0 bridgehead atoms. The van der Waals surface area contributed by atoms with Gasteiger partial charge in [0.2, 0.25) is 17.7 Å². The summed E-state index contributed by atoms with van der Waals surface area (Å²) in [6, 6.07) is 11.2. The Morgan fingerprint density at radius 1 is 0.573 bits per heavy atom. The van der Waals surface area contributed by atoms with Crippen molar-refractivity contribution >= 4 is 75.7 Å². The van der Waals surface area contributed by atoms with E-state index in [0.29, 0.717) is 25.3 Å². The van der Waals surface area contributed by atoms with Gasteiger partial charge >= 0.3 is 18.1 Å². The van der Waals surface area contributed by atoms with Crippen LogP contribution in [0, 0.1) is 13.8 Å². The molecule has 0 radical (unpaired) electrons. The maximum atomic E-state index is 13.2. The van der Waals surface area contributed by atoms with Gasteiger partial charge in [-0.15, -0.1) is 22.7 Å². The van der Waals surface area contributed by atoms with Crippen LogP contribution in [0.2, 0.25) is 0 Å². The second-order valence-corrected chi connectivity index (χ2v) is 21.0. The number of ketones is 2. The van der Waals surface area contributed by atoms with Gasteiger partial charge in [-0.2, -0.15) is 13.2 Å². The van der Waals surface area contributed by atoms with Crippen LogP contribution in [0.4, 0.5) is 13.2 Å². The average molecular weight is 1200 g/mol. The van der Waals surface area contributed by atoms with Crippen LogP contribution in [-0.2, 0) is 74.8 Å². The summed E-state index contributed by atoms with van der Waals surface area (Å²) in [4.78, 5) is 119. The minimum Gasteiger partial charge on any atom is -0.480 e. The number of benzene rings is 2. The Morgan fingerprint density at radius 3 is 1.20 bits per heavy atom. The van der Waals surface area contributed by atoms with Gasteiger partial charge in [0.15, 0.2) is 17.6 Å². The first-order valence-electron chi connectivity index (χ1n) is 24.7. The number of nitrogens with one attached hydrogen (secondary N) is 6. The topological polar surface area (TPSA) is 334 Å². The SMILES string of the molecule is C.COC[C@H](NC(=O)[C@H](COC)NC(=O)c1cnc(C)s1)C(=O)O.COC[C@H](NC(=O)c1cnc(C)s1)C(=O)N[C@@H](COC)C(=O)N[C@@H](Cc1ccccc1)C(=O)[C@@]1(C)CO1.C[C@]1(C(=O)[C@H](Cc2ccccc2)NC(=O)C(F)(F)F)CO1.[HH]. The fraction of sp³-hybridized carbons (Fsp3) is 0.491. The van der Waals surface area contributed by atoms with E-state index in [1.54, 1.807) is 56.4 Å². The molecule has 2 aromatic heterocycles. The third-order valence-corrected chi connectivity index (χ3v) is 13.6. The number of nitrogens with zero attached hydrogens (tertiary/aromatic N) is 2. The van der Waals surface area contributed by atoms with E-state index in [1.165, 1.54) is 70.4 Å². The molecular formula is C53H71F3N8O16S2. The molecule has 24 nitrogen and oxygen atoms in total. The Kier molecular flexibility index (Phi) is 27.4. The molecule has 0 aliphatic carbocycles. The minimum absolute atomic E-state index is 0. The molecule has 0 saturated carbocycles. The van der Waals surface area contributed by atoms with Crippen molar-refractivity contribution in [3.05, 3.63) is 104 Å². The number of amides is 6. The summed E-state index contributed by atoms with van der Waals surface area (Å²) < 4.78 is 67.3. The van der Waals surface area contributed by atoms with E-state index < -0.39 is 101 Å². The Morgan fingerprint density at radius 2 is 0.890 bits per heavy atom. The Balaban J connectivity index is 0.000000444. The third-order valence-electron chi connectivity index (χ3n) is 11.8. The first-order valence-corrected chi connectivity index (χ1v) is 26.3. The number of aromatic nitrogens is 2. The van der Waals surface area contributed by atoms with Gasteiger partial charge < -0.3 is 65.4 Å². The predicted molar refractivity (Wildman–Crippen MR) is 293 cm³/mol. The molecule has 0 spiro atoms. The highest BCUT2D eigenvalue weighted by molar-refractivity contribution is 7.13. The minimum atomic E-state index is -5.03. The van der Waals surface area contributed by atoms with Crippen molar-refractivity contribution in [2.75, 3.05) is 68.1 Å². The van der Waals surface area contributed by atoms with E-state index in [-0.39, 0.29) is 67.1 Å². The maximum absolute atomic E-state index is 13.2. The van der Waals surface area contributed by atoms with Crippen LogP contribution in [0.3, 0.4) is 0 Å². The van der Waals surface area contributed by atoms with E-state index >= 15 is 0 Å². The van der Waals surface area contributed by atoms with Gasteiger partial charge in [0, 0.05) is 29.9 Å². The van der Waals surface area contributed by atoms with Crippen LogP contribution in [-0.4, -0.2) is 190 Å². The van der Waals surface area contributed by atoms with Gasteiger partial charge in [0.25, 0.3) is 11.8 Å². The smallest absolute Gasteiger partial charge is 0.471 e. The number of carbonyl (C=O) groups is 9. The first-order chi connectivity index (χ1) is 38.3. The first kappa shape index (κ1) is 69.2. The van der Waals surface area contributed by atoms with Crippen molar-refractivity contribution in [1.82, 2.24) is 41.9 Å². The van der Waals surface area contributed by atoms with E-state index in [0.717, 1.165) is 5.56 Å². The summed E-state index contributed by atoms with van der Waals surface area (Å²) >= 11 is 2.37. The number of ether oxygens (including phenoxy) is 6. The average Bonchev–Trinajstić information content (AvgIpc) is 4.47. The molecule has 82 heavy (non-hydrogen) atoms. The van der Waals surface area contributed by atoms with Gasteiger partial charge in [-0.3, -0.25) is 38.4 Å². The number of methoxy groups -OCH3 is 4. The highest BCUT2D eigenvalue weighted by atomic mass is 32.1. The Labute approximate surface area is 480 Å². The van der Waals surface area contributed by atoms with Crippen LogP contribution < -0.4 is 31.9 Å². The molecule has 6 rings (SSSR count). The van der Waals surface area contributed by atoms with Gasteiger partial charge in [0.1, 0.15) is 39.1 Å². The van der Waals surface area contributed by atoms with Crippen molar-refractivity contribution in [3.8, 4) is 0 Å². The summed E-state index contributed by atoms with van der Waals surface area (Å²) in [5.74, 6) is -7.05. The quantitative estimate of drug-likeness (QED) is 0.0401. The molecule has 6 amide bonds. The third kappa shape index (κ3) is 22.0. The molecule has 2 fully saturated rings. The molecule has 2 aliphatic heterocycles. The summed E-state index contributed by atoms with van der Waals surface area (Å²) in [6.07, 6.45) is -1.95. The highest BCUT2D eigenvalue weighted by Gasteiger charge is 2.52. The van der Waals surface area contributed by atoms with Crippen molar-refractivity contribution in [2.24, 2.45) is 0 Å². The van der Waals surface area contributed by atoms with Crippen LogP contribution in [0.1, 0.15) is 63.2 Å².